The molecule has 3 N–H and O–H groups in total. The number of aromatic nitrogens is 1. The molecule has 1 aliphatic carbocycles. The first kappa shape index (κ1) is 25.6. The summed E-state index contributed by atoms with van der Waals surface area (Å²) in [5.41, 5.74) is 8.07. The van der Waals surface area contributed by atoms with E-state index >= 15 is 0 Å². The lowest BCUT2D eigenvalue weighted by molar-refractivity contribution is 0.1000. The molecule has 1 aromatic carbocycles. The van der Waals surface area contributed by atoms with Gasteiger partial charge in [0.2, 0.25) is 11.8 Å². The minimum absolute atomic E-state index is 0.344. The van der Waals surface area contributed by atoms with Crippen molar-refractivity contribution in [3.8, 4) is 11.6 Å². The molecule has 1 unspecified atom stereocenters. The van der Waals surface area contributed by atoms with Crippen LogP contribution in [0.5, 0.6) is 11.6 Å². The van der Waals surface area contributed by atoms with Gasteiger partial charge in [-0.05, 0) is 60.0 Å². The van der Waals surface area contributed by atoms with Crippen LogP contribution in [0.15, 0.2) is 96.1 Å². The lowest BCUT2D eigenvalue weighted by Crippen LogP contribution is -2.30. The average molecular weight is 502 g/mol. The number of pyridine rings is 1. The van der Waals surface area contributed by atoms with E-state index < -0.39 is 12.0 Å². The number of allylic oxidation sites excluding steroid dienone is 4. The van der Waals surface area contributed by atoms with Gasteiger partial charge >= 0.3 is 0 Å². The Balaban J connectivity index is 1.34. The predicted octanol–water partition coefficient (Wildman–Crippen LogP) is 5.45. The Hall–Kier alpha value is -3.52. The summed E-state index contributed by atoms with van der Waals surface area (Å²) in [6.45, 7) is 2.52. The molecule has 2 heterocycles. The topological polar surface area (TPSA) is 88.7 Å². The summed E-state index contributed by atoms with van der Waals surface area (Å²) in [5, 5.41) is 12.6. The molecule has 2 aromatic heterocycles. The van der Waals surface area contributed by atoms with Crippen molar-refractivity contribution in [1.82, 2.24) is 9.88 Å². The number of nitrogens with two attached hydrogens (primary N) is 1. The van der Waals surface area contributed by atoms with Crippen molar-refractivity contribution in [2.75, 3.05) is 19.6 Å². The zero-order valence-corrected chi connectivity index (χ0v) is 20.9. The molecule has 3 aromatic rings. The highest BCUT2D eigenvalue weighted by Crippen LogP contribution is 2.23. The van der Waals surface area contributed by atoms with Gasteiger partial charge in [0.05, 0.1) is 11.7 Å². The van der Waals surface area contributed by atoms with E-state index in [-0.39, 0.29) is 0 Å². The Bertz CT molecular complexity index is 1200. The maximum absolute atomic E-state index is 11.2. The van der Waals surface area contributed by atoms with Crippen LogP contribution in [0, 0.1) is 0 Å². The molecule has 0 spiro atoms. The van der Waals surface area contributed by atoms with Gasteiger partial charge in [-0.1, -0.05) is 48.6 Å². The number of nitrogens with zero attached hydrogens (tertiary/aromatic N) is 2. The van der Waals surface area contributed by atoms with Gasteiger partial charge in [0.15, 0.2) is 0 Å². The second kappa shape index (κ2) is 13.0. The van der Waals surface area contributed by atoms with E-state index in [1.54, 1.807) is 23.5 Å². The molecule has 6 nitrogen and oxygen atoms in total. The highest BCUT2D eigenvalue weighted by atomic mass is 32.1. The van der Waals surface area contributed by atoms with Crippen molar-refractivity contribution < 1.29 is 14.6 Å². The molecule has 0 fully saturated rings. The number of primary amides is 1. The molecule has 0 radical (unpaired) electrons. The second-order valence-corrected chi connectivity index (χ2v) is 9.63. The minimum atomic E-state index is -0.517. The molecule has 1 aliphatic rings. The standard InChI is InChI=1S/C29H31N3O3S/c30-29(34)24-11-14-28(31-20-24)35-25-12-9-22(10-13-25)15-17-32(21-23-6-3-1-2-4-7-23)18-16-26(33)27-8-5-19-36-27/h1,3-14,19-20,26,33H,2,15-18,21H2,(H2,30,34). The summed E-state index contributed by atoms with van der Waals surface area (Å²) in [6.07, 6.45) is 14.3. The highest BCUT2D eigenvalue weighted by Gasteiger charge is 2.13. The molecule has 4 rings (SSSR count). The molecule has 36 heavy (non-hydrogen) atoms. The third-order valence-electron chi connectivity index (χ3n) is 5.93. The smallest absolute Gasteiger partial charge is 0.250 e. The summed E-state index contributed by atoms with van der Waals surface area (Å²) in [6, 6.07) is 15.1. The van der Waals surface area contributed by atoms with Crippen molar-refractivity contribution in [2.45, 2.75) is 25.4 Å². The molecule has 186 valence electrons. The zero-order valence-electron chi connectivity index (χ0n) is 20.1. The van der Waals surface area contributed by atoms with Crippen LogP contribution in [0.25, 0.3) is 0 Å². The number of hydrogen-bond donors (Lipinski definition) is 2. The van der Waals surface area contributed by atoms with E-state index in [0.717, 1.165) is 37.4 Å². The van der Waals surface area contributed by atoms with E-state index in [1.807, 2.05) is 29.6 Å². The lowest BCUT2D eigenvalue weighted by atomic mass is 10.1. The number of rotatable bonds is 12. The third kappa shape index (κ3) is 7.75. The van der Waals surface area contributed by atoms with E-state index in [1.165, 1.54) is 17.3 Å². The van der Waals surface area contributed by atoms with Crippen LogP contribution in [-0.2, 0) is 6.42 Å². The number of thiophene rings is 1. The largest absolute Gasteiger partial charge is 0.439 e. The van der Waals surface area contributed by atoms with Gasteiger partial charge < -0.3 is 15.6 Å². The lowest BCUT2D eigenvalue weighted by Gasteiger charge is -2.24. The normalized spacial score (nSPS) is 13.9. The van der Waals surface area contributed by atoms with Gasteiger partial charge in [0, 0.05) is 36.8 Å². The first-order valence-corrected chi connectivity index (χ1v) is 12.9. The minimum Gasteiger partial charge on any atom is -0.439 e. The summed E-state index contributed by atoms with van der Waals surface area (Å²) in [7, 11) is 0. The Morgan fingerprint density at radius 2 is 2.00 bits per heavy atom. The predicted molar refractivity (Wildman–Crippen MR) is 144 cm³/mol. The monoisotopic (exact) mass is 501 g/mol. The summed E-state index contributed by atoms with van der Waals surface area (Å²) < 4.78 is 5.78. The fourth-order valence-corrected chi connectivity index (χ4v) is 4.65. The van der Waals surface area contributed by atoms with Crippen LogP contribution >= 0.6 is 11.3 Å². The van der Waals surface area contributed by atoms with Crippen molar-refractivity contribution >= 4 is 17.2 Å². The van der Waals surface area contributed by atoms with Gasteiger partial charge in [0.1, 0.15) is 5.75 Å². The molecule has 1 atom stereocenters. The molecule has 0 saturated heterocycles. The van der Waals surface area contributed by atoms with Crippen LogP contribution in [0.2, 0.25) is 0 Å². The number of carbonyl (C=O) groups excluding carboxylic acids is 1. The maximum Gasteiger partial charge on any atom is 0.250 e. The van der Waals surface area contributed by atoms with Crippen LogP contribution in [0.1, 0.15) is 39.7 Å². The van der Waals surface area contributed by atoms with Crippen molar-refractivity contribution in [2.24, 2.45) is 5.73 Å². The van der Waals surface area contributed by atoms with Gasteiger partial charge in [-0.3, -0.25) is 9.69 Å². The van der Waals surface area contributed by atoms with Crippen LogP contribution in [-0.4, -0.2) is 40.5 Å². The molecular weight excluding hydrogens is 470 g/mol. The zero-order chi connectivity index (χ0) is 25.2. The van der Waals surface area contributed by atoms with Crippen LogP contribution in [0.4, 0.5) is 0 Å². The maximum atomic E-state index is 11.2. The summed E-state index contributed by atoms with van der Waals surface area (Å²) >= 11 is 1.60. The SMILES string of the molecule is NC(=O)c1ccc(Oc2ccc(CCN(CCC(O)c3cccs3)CC3=CC=CCC=C3)cc2)nc1. The Morgan fingerprint density at radius 3 is 2.72 bits per heavy atom. The van der Waals surface area contributed by atoms with Crippen molar-refractivity contribution in [3.63, 3.8) is 0 Å². The third-order valence-corrected chi connectivity index (χ3v) is 6.90. The quantitative estimate of drug-likeness (QED) is 0.345. The average Bonchev–Trinajstić information content (AvgIpc) is 3.32. The Labute approximate surface area is 216 Å². The fourth-order valence-electron chi connectivity index (χ4n) is 3.90. The number of benzene rings is 1. The van der Waals surface area contributed by atoms with Crippen molar-refractivity contribution in [1.29, 1.82) is 0 Å². The number of aliphatic hydroxyl groups excluding tert-OH is 1. The van der Waals surface area contributed by atoms with Crippen molar-refractivity contribution in [3.05, 3.63) is 112 Å². The van der Waals surface area contributed by atoms with Gasteiger partial charge in [-0.25, -0.2) is 4.98 Å². The highest BCUT2D eigenvalue weighted by molar-refractivity contribution is 7.10. The number of aliphatic hydroxyl groups is 1. The Kier molecular flexibility index (Phi) is 9.21. The Morgan fingerprint density at radius 1 is 1.14 bits per heavy atom. The number of amides is 1. The first-order chi connectivity index (χ1) is 17.6. The fraction of sp³-hybridized carbons (Fsp3) is 0.241. The van der Waals surface area contributed by atoms with E-state index in [0.29, 0.717) is 23.6 Å². The molecule has 7 heteroatoms. The number of carbonyl (C=O) groups is 1. The van der Waals surface area contributed by atoms with Gasteiger partial charge in [-0.15, -0.1) is 11.3 Å². The van der Waals surface area contributed by atoms with Gasteiger partial charge in [0.25, 0.3) is 0 Å². The molecule has 1 amide bonds. The number of ether oxygens (including phenoxy) is 1. The molecule has 0 bridgehead atoms. The number of hydrogen-bond acceptors (Lipinski definition) is 6. The summed E-state index contributed by atoms with van der Waals surface area (Å²) in [5.74, 6) is 0.563. The van der Waals surface area contributed by atoms with E-state index in [9.17, 15) is 9.90 Å². The second-order valence-electron chi connectivity index (χ2n) is 8.65. The van der Waals surface area contributed by atoms with Gasteiger partial charge in [-0.2, -0.15) is 0 Å². The van der Waals surface area contributed by atoms with Crippen LogP contribution in [0.3, 0.4) is 0 Å². The molecule has 0 aliphatic heterocycles. The van der Waals surface area contributed by atoms with Crippen LogP contribution < -0.4 is 10.5 Å². The molecular formula is C29H31N3O3S. The van der Waals surface area contributed by atoms with E-state index in [2.05, 4.69) is 52.4 Å². The summed E-state index contributed by atoms with van der Waals surface area (Å²) in [4.78, 5) is 18.7. The molecule has 0 saturated carbocycles. The van der Waals surface area contributed by atoms with E-state index in [4.69, 9.17) is 10.5 Å². The first-order valence-electron chi connectivity index (χ1n) is 12.1.